The van der Waals surface area contributed by atoms with Crippen LogP contribution < -0.4 is 10.6 Å². The van der Waals surface area contributed by atoms with Gasteiger partial charge in [0.15, 0.2) is 0 Å². The average Bonchev–Trinajstić information content (AvgIpc) is 3.04. The number of hydrogen-bond donors (Lipinski definition) is 3. The molecule has 6 nitrogen and oxygen atoms in total. The average molecular weight is 284 g/mol. The van der Waals surface area contributed by atoms with E-state index in [1.54, 1.807) is 0 Å². The van der Waals surface area contributed by atoms with E-state index in [1.165, 1.54) is 0 Å². The first kappa shape index (κ1) is 15.1. The number of carboxylic acid groups (broad SMARTS) is 1. The van der Waals surface area contributed by atoms with Gasteiger partial charge in [-0.1, -0.05) is 6.92 Å². The number of nitrogens with one attached hydrogen (secondary N) is 2. The highest BCUT2D eigenvalue weighted by Crippen LogP contribution is 2.25. The number of ether oxygens (including phenoxy) is 1. The molecule has 3 N–H and O–H groups in total. The molecule has 1 saturated heterocycles. The highest BCUT2D eigenvalue weighted by molar-refractivity contribution is 5.75. The van der Waals surface area contributed by atoms with E-state index in [4.69, 9.17) is 9.84 Å². The maximum absolute atomic E-state index is 11.8. The van der Waals surface area contributed by atoms with Gasteiger partial charge in [-0.05, 0) is 32.1 Å². The van der Waals surface area contributed by atoms with Crippen molar-refractivity contribution in [1.29, 1.82) is 0 Å². The summed E-state index contributed by atoms with van der Waals surface area (Å²) in [5, 5.41) is 14.7. The lowest BCUT2D eigenvalue weighted by molar-refractivity contribution is -0.141. The largest absolute Gasteiger partial charge is 0.481 e. The molecule has 1 saturated carbocycles. The van der Waals surface area contributed by atoms with Crippen LogP contribution in [0.3, 0.4) is 0 Å². The number of amides is 2. The first-order valence-corrected chi connectivity index (χ1v) is 7.49. The second kappa shape index (κ2) is 6.92. The van der Waals surface area contributed by atoms with Crippen LogP contribution >= 0.6 is 0 Å². The minimum atomic E-state index is -0.761. The zero-order chi connectivity index (χ0) is 14.5. The molecule has 20 heavy (non-hydrogen) atoms. The molecule has 0 aromatic carbocycles. The first-order valence-electron chi connectivity index (χ1n) is 7.49. The van der Waals surface area contributed by atoms with Crippen LogP contribution in [0.15, 0.2) is 0 Å². The van der Waals surface area contributed by atoms with Gasteiger partial charge in [0.2, 0.25) is 0 Å². The molecule has 2 aliphatic rings. The van der Waals surface area contributed by atoms with Gasteiger partial charge < -0.3 is 20.5 Å². The Kier molecular flexibility index (Phi) is 5.23. The Labute approximate surface area is 119 Å². The van der Waals surface area contributed by atoms with Crippen LogP contribution in [0.25, 0.3) is 0 Å². The number of aliphatic carboxylic acids is 1. The number of carbonyl (C=O) groups excluding carboxylic acids is 1. The van der Waals surface area contributed by atoms with Gasteiger partial charge in [0.25, 0.3) is 0 Å². The van der Waals surface area contributed by atoms with E-state index < -0.39 is 5.97 Å². The van der Waals surface area contributed by atoms with Crippen molar-refractivity contribution < 1.29 is 19.4 Å². The van der Waals surface area contributed by atoms with Crippen molar-refractivity contribution in [1.82, 2.24) is 10.6 Å². The van der Waals surface area contributed by atoms with Crippen molar-refractivity contribution in [2.75, 3.05) is 13.2 Å². The molecular formula is C14H24N2O4. The second-order valence-electron chi connectivity index (χ2n) is 5.77. The zero-order valence-corrected chi connectivity index (χ0v) is 11.9. The van der Waals surface area contributed by atoms with Crippen molar-refractivity contribution in [3.63, 3.8) is 0 Å². The van der Waals surface area contributed by atoms with E-state index in [1.807, 2.05) is 0 Å². The van der Waals surface area contributed by atoms with Gasteiger partial charge in [-0.2, -0.15) is 0 Å². The molecule has 0 aromatic rings. The van der Waals surface area contributed by atoms with Gasteiger partial charge in [0, 0.05) is 25.1 Å². The van der Waals surface area contributed by atoms with Crippen molar-refractivity contribution in [2.24, 2.45) is 11.8 Å². The fraction of sp³-hybridized carbons (Fsp3) is 0.857. The lowest BCUT2D eigenvalue weighted by Gasteiger charge is -2.19. The van der Waals surface area contributed by atoms with Gasteiger partial charge >= 0.3 is 12.0 Å². The van der Waals surface area contributed by atoms with E-state index in [2.05, 4.69) is 17.6 Å². The topological polar surface area (TPSA) is 87.7 Å². The third-order valence-corrected chi connectivity index (χ3v) is 4.39. The summed E-state index contributed by atoms with van der Waals surface area (Å²) in [6.45, 7) is 3.49. The Morgan fingerprint density at radius 3 is 2.75 bits per heavy atom. The molecule has 6 heteroatoms. The molecule has 1 aliphatic heterocycles. The normalized spacial score (nSPS) is 33.0. The molecule has 0 bridgehead atoms. The SMILES string of the molecule is CCC1OCCC1CNC(=O)NC1CCC(C(=O)O)C1. The summed E-state index contributed by atoms with van der Waals surface area (Å²) in [5.41, 5.74) is 0. The Balaban J connectivity index is 1.67. The fourth-order valence-corrected chi connectivity index (χ4v) is 3.17. The van der Waals surface area contributed by atoms with Gasteiger partial charge in [-0.3, -0.25) is 4.79 Å². The molecule has 4 unspecified atom stereocenters. The predicted molar refractivity (Wildman–Crippen MR) is 73.4 cm³/mol. The number of carboxylic acids is 1. The van der Waals surface area contributed by atoms with Crippen molar-refractivity contribution in [3.05, 3.63) is 0 Å². The molecule has 2 rings (SSSR count). The van der Waals surface area contributed by atoms with Crippen LogP contribution in [0.4, 0.5) is 4.79 Å². The number of hydrogen-bond acceptors (Lipinski definition) is 3. The Bertz CT molecular complexity index is 361. The Morgan fingerprint density at radius 2 is 2.10 bits per heavy atom. The standard InChI is InChI=1S/C14H24N2O4/c1-2-12-10(5-6-20-12)8-15-14(19)16-11-4-3-9(7-11)13(17)18/h9-12H,2-8H2,1H3,(H,17,18)(H2,15,16,19). The van der Waals surface area contributed by atoms with Gasteiger partial charge in [0.1, 0.15) is 0 Å². The Hall–Kier alpha value is -1.30. The second-order valence-corrected chi connectivity index (χ2v) is 5.77. The lowest BCUT2D eigenvalue weighted by atomic mass is 10.00. The van der Waals surface area contributed by atoms with E-state index in [0.717, 1.165) is 25.9 Å². The molecule has 2 amide bonds. The Morgan fingerprint density at radius 1 is 1.30 bits per heavy atom. The summed E-state index contributed by atoms with van der Waals surface area (Å²) in [5.74, 6) is -0.683. The van der Waals surface area contributed by atoms with Crippen LogP contribution in [-0.2, 0) is 9.53 Å². The lowest BCUT2D eigenvalue weighted by Crippen LogP contribution is -2.43. The summed E-state index contributed by atoms with van der Waals surface area (Å²) in [6.07, 6.45) is 4.13. The molecule has 0 spiro atoms. The molecular weight excluding hydrogens is 260 g/mol. The third kappa shape index (κ3) is 3.85. The highest BCUT2D eigenvalue weighted by Gasteiger charge is 2.31. The van der Waals surface area contributed by atoms with E-state index in [0.29, 0.717) is 25.3 Å². The monoisotopic (exact) mass is 284 g/mol. The molecule has 1 heterocycles. The maximum atomic E-state index is 11.8. The molecule has 114 valence electrons. The smallest absolute Gasteiger partial charge is 0.315 e. The highest BCUT2D eigenvalue weighted by atomic mass is 16.5. The third-order valence-electron chi connectivity index (χ3n) is 4.39. The number of rotatable bonds is 5. The summed E-state index contributed by atoms with van der Waals surface area (Å²) in [4.78, 5) is 22.7. The summed E-state index contributed by atoms with van der Waals surface area (Å²) >= 11 is 0. The number of carbonyl (C=O) groups is 2. The first-order chi connectivity index (χ1) is 9.60. The van der Waals surface area contributed by atoms with Crippen LogP contribution in [0, 0.1) is 11.8 Å². The minimum Gasteiger partial charge on any atom is -0.481 e. The van der Waals surface area contributed by atoms with Gasteiger partial charge in [-0.25, -0.2) is 4.79 Å². The van der Waals surface area contributed by atoms with Gasteiger partial charge in [0.05, 0.1) is 12.0 Å². The minimum absolute atomic E-state index is 0.0158. The molecule has 0 radical (unpaired) electrons. The van der Waals surface area contributed by atoms with Crippen molar-refractivity contribution in [2.45, 2.75) is 51.2 Å². The van der Waals surface area contributed by atoms with Crippen LogP contribution in [0.1, 0.15) is 39.0 Å². The van der Waals surface area contributed by atoms with Crippen molar-refractivity contribution in [3.8, 4) is 0 Å². The number of urea groups is 1. The van der Waals surface area contributed by atoms with Gasteiger partial charge in [-0.15, -0.1) is 0 Å². The summed E-state index contributed by atoms with van der Waals surface area (Å²) in [6, 6.07) is -0.208. The predicted octanol–water partition coefficient (Wildman–Crippen LogP) is 1.35. The van der Waals surface area contributed by atoms with Crippen LogP contribution in [-0.4, -0.2) is 42.4 Å². The molecule has 0 aromatic heterocycles. The zero-order valence-electron chi connectivity index (χ0n) is 11.9. The van der Waals surface area contributed by atoms with E-state index in [9.17, 15) is 9.59 Å². The molecule has 1 aliphatic carbocycles. The van der Waals surface area contributed by atoms with Crippen molar-refractivity contribution >= 4 is 12.0 Å². The van der Waals surface area contributed by atoms with Crippen LogP contribution in [0.5, 0.6) is 0 Å². The molecule has 4 atom stereocenters. The quantitative estimate of drug-likeness (QED) is 0.711. The summed E-state index contributed by atoms with van der Waals surface area (Å²) < 4.78 is 5.58. The van der Waals surface area contributed by atoms with E-state index >= 15 is 0 Å². The van der Waals surface area contributed by atoms with Crippen LogP contribution in [0.2, 0.25) is 0 Å². The fourth-order valence-electron chi connectivity index (χ4n) is 3.17. The summed E-state index contributed by atoms with van der Waals surface area (Å²) in [7, 11) is 0. The molecule has 2 fully saturated rings. The maximum Gasteiger partial charge on any atom is 0.315 e. The van der Waals surface area contributed by atoms with E-state index in [-0.39, 0.29) is 24.1 Å².